The maximum atomic E-state index is 12.0. The summed E-state index contributed by atoms with van der Waals surface area (Å²) in [6, 6.07) is 5.39. The summed E-state index contributed by atoms with van der Waals surface area (Å²) < 4.78 is 0.923. The quantitative estimate of drug-likeness (QED) is 0.630. The molecule has 1 heterocycles. The van der Waals surface area contributed by atoms with Crippen molar-refractivity contribution < 1.29 is 4.79 Å². The molecule has 1 aliphatic heterocycles. The first-order valence-electron chi connectivity index (χ1n) is 6.11. The number of rotatable bonds is 3. The Bertz CT molecular complexity index is 433. The highest BCUT2D eigenvalue weighted by Gasteiger charge is 2.15. The zero-order valence-electron chi connectivity index (χ0n) is 10.1. The van der Waals surface area contributed by atoms with Crippen LogP contribution in [0.5, 0.6) is 0 Å². The Hall–Kier alpha value is -0.430. The van der Waals surface area contributed by atoms with Crippen LogP contribution in [0.2, 0.25) is 0 Å². The third-order valence-electron chi connectivity index (χ3n) is 3.03. The van der Waals surface area contributed by atoms with Crippen LogP contribution in [0.1, 0.15) is 29.6 Å². The molecule has 1 saturated heterocycles. The maximum absolute atomic E-state index is 12.0. The summed E-state index contributed by atoms with van der Waals surface area (Å²) in [6.45, 7) is 0.768. The van der Waals surface area contributed by atoms with Crippen LogP contribution in [-0.2, 0) is 0 Å². The Labute approximate surface area is 125 Å². The first kappa shape index (κ1) is 14.0. The van der Waals surface area contributed by atoms with E-state index in [2.05, 4.69) is 27.9 Å². The molecule has 98 valence electrons. The van der Waals surface area contributed by atoms with Gasteiger partial charge in [-0.15, -0.1) is 0 Å². The van der Waals surface area contributed by atoms with Gasteiger partial charge in [-0.1, -0.05) is 6.42 Å². The van der Waals surface area contributed by atoms with Crippen molar-refractivity contribution in [1.29, 1.82) is 0 Å². The van der Waals surface area contributed by atoms with Crippen molar-refractivity contribution in [2.75, 3.05) is 18.0 Å². The molecule has 3 N–H and O–H groups in total. The Kier molecular flexibility index (Phi) is 5.17. The van der Waals surface area contributed by atoms with E-state index in [1.165, 1.54) is 25.0 Å². The highest BCUT2D eigenvalue weighted by atomic mass is 127. The van der Waals surface area contributed by atoms with Crippen LogP contribution in [0.4, 0.5) is 5.69 Å². The molecule has 5 heteroatoms. The number of nitrogen functional groups attached to an aromatic ring is 1. The fourth-order valence-electron chi connectivity index (χ4n) is 1.95. The predicted molar refractivity (Wildman–Crippen MR) is 86.0 cm³/mol. The Morgan fingerprint density at radius 1 is 1.50 bits per heavy atom. The number of nitrogens with two attached hydrogens (primary N) is 1. The summed E-state index contributed by atoms with van der Waals surface area (Å²) in [7, 11) is 0. The molecule has 0 bridgehead atoms. The molecular weight excluding hydrogens is 359 g/mol. The number of hydrogen-bond acceptors (Lipinski definition) is 3. The minimum absolute atomic E-state index is 0.000843. The summed E-state index contributed by atoms with van der Waals surface area (Å²) in [6.07, 6.45) is 3.81. The normalized spacial score (nSPS) is 19.5. The summed E-state index contributed by atoms with van der Waals surface area (Å²) >= 11 is 4.12. The maximum Gasteiger partial charge on any atom is 0.251 e. The number of nitrogens with one attached hydrogen (secondary N) is 1. The average Bonchev–Trinajstić information content (AvgIpc) is 2.40. The molecule has 1 atom stereocenters. The van der Waals surface area contributed by atoms with E-state index in [9.17, 15) is 4.79 Å². The van der Waals surface area contributed by atoms with Crippen LogP contribution >= 0.6 is 34.4 Å². The van der Waals surface area contributed by atoms with Gasteiger partial charge in [0.15, 0.2) is 0 Å². The lowest BCUT2D eigenvalue weighted by molar-refractivity contribution is 0.0953. The van der Waals surface area contributed by atoms with E-state index in [1.807, 2.05) is 17.8 Å². The van der Waals surface area contributed by atoms with Crippen molar-refractivity contribution in [2.24, 2.45) is 0 Å². The van der Waals surface area contributed by atoms with Crippen molar-refractivity contribution in [3.63, 3.8) is 0 Å². The number of carbonyl (C=O) groups excluding carboxylic acids is 1. The van der Waals surface area contributed by atoms with Crippen molar-refractivity contribution >= 4 is 45.9 Å². The van der Waals surface area contributed by atoms with E-state index in [4.69, 9.17) is 5.73 Å². The second-order valence-corrected chi connectivity index (χ2v) is 7.01. The minimum atomic E-state index is -0.000843. The highest BCUT2D eigenvalue weighted by Crippen LogP contribution is 2.24. The fourth-order valence-corrected chi connectivity index (χ4v) is 3.70. The van der Waals surface area contributed by atoms with E-state index in [-0.39, 0.29) is 5.91 Å². The molecule has 1 fully saturated rings. The van der Waals surface area contributed by atoms with Gasteiger partial charge in [-0.25, -0.2) is 0 Å². The molecule has 0 saturated carbocycles. The standard InChI is InChI=1S/C13H17IN2OS/c14-11-7-9(4-5-12(11)15)13(17)16-8-10-3-1-2-6-18-10/h4-5,7,10H,1-3,6,8,15H2,(H,16,17). The monoisotopic (exact) mass is 376 g/mol. The lowest BCUT2D eigenvalue weighted by atomic mass is 10.1. The van der Waals surface area contributed by atoms with Crippen LogP contribution < -0.4 is 11.1 Å². The molecule has 1 amide bonds. The number of benzene rings is 1. The van der Waals surface area contributed by atoms with Crippen molar-refractivity contribution in [2.45, 2.75) is 24.5 Å². The molecule has 1 aromatic carbocycles. The topological polar surface area (TPSA) is 55.1 Å². The number of carbonyl (C=O) groups is 1. The number of hydrogen-bond donors (Lipinski definition) is 2. The molecule has 1 aliphatic rings. The van der Waals surface area contributed by atoms with E-state index in [1.54, 1.807) is 12.1 Å². The van der Waals surface area contributed by atoms with Gasteiger partial charge in [0.1, 0.15) is 0 Å². The van der Waals surface area contributed by atoms with Gasteiger partial charge in [0, 0.05) is 26.6 Å². The summed E-state index contributed by atoms with van der Waals surface area (Å²) in [4.78, 5) is 12.0. The van der Waals surface area contributed by atoms with Gasteiger partial charge in [0.05, 0.1) is 0 Å². The van der Waals surface area contributed by atoms with Gasteiger partial charge < -0.3 is 11.1 Å². The van der Waals surface area contributed by atoms with Gasteiger partial charge in [-0.2, -0.15) is 11.8 Å². The molecule has 0 spiro atoms. The first-order valence-corrected chi connectivity index (χ1v) is 8.24. The predicted octanol–water partition coefficient (Wildman–Crippen LogP) is 2.89. The van der Waals surface area contributed by atoms with Crippen LogP contribution in [0, 0.1) is 3.57 Å². The Balaban J connectivity index is 1.88. The largest absolute Gasteiger partial charge is 0.398 e. The number of halogens is 1. The zero-order valence-corrected chi connectivity index (χ0v) is 13.1. The van der Waals surface area contributed by atoms with E-state index in [0.717, 1.165) is 15.8 Å². The van der Waals surface area contributed by atoms with Crippen LogP contribution in [0.3, 0.4) is 0 Å². The molecule has 0 aromatic heterocycles. The van der Waals surface area contributed by atoms with E-state index < -0.39 is 0 Å². The third-order valence-corrected chi connectivity index (χ3v) is 5.36. The van der Waals surface area contributed by atoms with Crippen molar-refractivity contribution in [3.8, 4) is 0 Å². The van der Waals surface area contributed by atoms with Crippen molar-refractivity contribution in [1.82, 2.24) is 5.32 Å². The summed E-state index contributed by atoms with van der Waals surface area (Å²) in [5.41, 5.74) is 7.14. The van der Waals surface area contributed by atoms with Gasteiger partial charge in [0.25, 0.3) is 5.91 Å². The SMILES string of the molecule is Nc1ccc(C(=O)NCC2CCCCS2)cc1I. The van der Waals surface area contributed by atoms with Gasteiger partial charge in [0.2, 0.25) is 0 Å². The minimum Gasteiger partial charge on any atom is -0.398 e. The molecule has 1 aromatic rings. The second-order valence-electron chi connectivity index (χ2n) is 4.43. The van der Waals surface area contributed by atoms with Crippen LogP contribution in [0.25, 0.3) is 0 Å². The molecule has 1 unspecified atom stereocenters. The Morgan fingerprint density at radius 3 is 3.00 bits per heavy atom. The van der Waals surface area contributed by atoms with Crippen LogP contribution in [0.15, 0.2) is 18.2 Å². The van der Waals surface area contributed by atoms with Crippen molar-refractivity contribution in [3.05, 3.63) is 27.3 Å². The second kappa shape index (κ2) is 6.65. The first-order chi connectivity index (χ1) is 8.66. The molecule has 3 nitrogen and oxygen atoms in total. The molecule has 18 heavy (non-hydrogen) atoms. The lowest BCUT2D eigenvalue weighted by Gasteiger charge is -2.21. The number of amides is 1. The van der Waals surface area contributed by atoms with Gasteiger partial charge >= 0.3 is 0 Å². The van der Waals surface area contributed by atoms with E-state index >= 15 is 0 Å². The molecular formula is C13H17IN2OS. The number of anilines is 1. The van der Waals surface area contributed by atoms with E-state index in [0.29, 0.717) is 10.8 Å². The smallest absolute Gasteiger partial charge is 0.251 e. The molecule has 0 radical (unpaired) electrons. The van der Waals surface area contributed by atoms with Gasteiger partial charge in [-0.05, 0) is 59.4 Å². The average molecular weight is 376 g/mol. The zero-order chi connectivity index (χ0) is 13.0. The van der Waals surface area contributed by atoms with Crippen LogP contribution in [-0.4, -0.2) is 23.5 Å². The Morgan fingerprint density at radius 2 is 2.33 bits per heavy atom. The molecule has 2 rings (SSSR count). The van der Waals surface area contributed by atoms with Gasteiger partial charge in [-0.3, -0.25) is 4.79 Å². The highest BCUT2D eigenvalue weighted by molar-refractivity contribution is 14.1. The molecule has 0 aliphatic carbocycles. The fraction of sp³-hybridized carbons (Fsp3) is 0.462. The third kappa shape index (κ3) is 3.78. The lowest BCUT2D eigenvalue weighted by Crippen LogP contribution is -2.31. The summed E-state index contributed by atoms with van der Waals surface area (Å²) in [5.74, 6) is 1.22. The summed E-state index contributed by atoms with van der Waals surface area (Å²) in [5, 5.41) is 3.59. The number of thioether (sulfide) groups is 1.